The van der Waals surface area contributed by atoms with Gasteiger partial charge in [-0.1, -0.05) is 84.9 Å². The second-order valence-electron chi connectivity index (χ2n) is 4.30. The Hall–Kier alpha value is -1.96. The Labute approximate surface area is 136 Å². The Kier molecular flexibility index (Phi) is 14.2. The van der Waals surface area contributed by atoms with Gasteiger partial charge in [0.15, 0.2) is 0 Å². The van der Waals surface area contributed by atoms with Gasteiger partial charge in [0, 0.05) is 11.1 Å². The number of hydrogen-bond donors (Lipinski definition) is 2. The summed E-state index contributed by atoms with van der Waals surface area (Å²) in [4.78, 5) is 0. The van der Waals surface area contributed by atoms with Crippen LogP contribution in [-0.4, -0.2) is 5.11 Å². The number of phenols is 1. The Balaban J connectivity index is 0. The fourth-order valence-electron chi connectivity index (χ4n) is 1.59. The maximum absolute atomic E-state index is 9.99. The van der Waals surface area contributed by atoms with Crippen LogP contribution >= 0.6 is 0 Å². The summed E-state index contributed by atoms with van der Waals surface area (Å²) in [6.07, 6.45) is 1.25. The van der Waals surface area contributed by atoms with Gasteiger partial charge in [-0.05, 0) is 18.4 Å². The molecule has 0 unspecified atom stereocenters. The van der Waals surface area contributed by atoms with E-state index in [9.17, 15) is 5.11 Å². The minimum absolute atomic E-state index is 0.274. The van der Waals surface area contributed by atoms with E-state index in [1.54, 1.807) is 0 Å². The molecule has 0 bridgehead atoms. The van der Waals surface area contributed by atoms with Gasteiger partial charge in [0.1, 0.15) is 5.75 Å². The van der Waals surface area contributed by atoms with Crippen molar-refractivity contribution in [1.82, 2.24) is 0 Å². The summed E-state index contributed by atoms with van der Waals surface area (Å²) in [6, 6.07) is 11.6. The number of anilines is 1. The van der Waals surface area contributed by atoms with Crippen LogP contribution in [0, 0.1) is 0 Å². The lowest BCUT2D eigenvalue weighted by Gasteiger charge is -2.09. The third-order valence-electron chi connectivity index (χ3n) is 2.25. The molecular formula is C20H33NO. The number of benzene rings is 2. The van der Waals surface area contributed by atoms with Crippen molar-refractivity contribution in [3.8, 4) is 5.75 Å². The highest BCUT2D eigenvalue weighted by molar-refractivity contribution is 5.93. The zero-order valence-corrected chi connectivity index (χ0v) is 15.3. The molecule has 0 atom stereocenters. The van der Waals surface area contributed by atoms with Crippen molar-refractivity contribution in [2.24, 2.45) is 0 Å². The average molecular weight is 303 g/mol. The van der Waals surface area contributed by atoms with Crippen molar-refractivity contribution in [2.75, 3.05) is 5.32 Å². The first kappa shape index (κ1) is 22.3. The van der Waals surface area contributed by atoms with Gasteiger partial charge < -0.3 is 10.4 Å². The first-order chi connectivity index (χ1) is 10.6. The molecule has 0 aliphatic heterocycles. The summed E-state index contributed by atoms with van der Waals surface area (Å²) in [7, 11) is 0. The Morgan fingerprint density at radius 3 is 2.00 bits per heavy atom. The number of rotatable bonds is 2. The summed E-state index contributed by atoms with van der Waals surface area (Å²) < 4.78 is 0. The fourth-order valence-corrected chi connectivity index (χ4v) is 1.59. The number of aromatic hydroxyl groups is 1. The monoisotopic (exact) mass is 303 g/mol. The van der Waals surface area contributed by atoms with Gasteiger partial charge in [-0.15, -0.1) is 0 Å². The van der Waals surface area contributed by atoms with E-state index in [2.05, 4.69) is 25.7 Å². The quantitative estimate of drug-likeness (QED) is 0.588. The van der Waals surface area contributed by atoms with Gasteiger partial charge in [-0.3, -0.25) is 0 Å². The topological polar surface area (TPSA) is 32.3 Å². The zero-order chi connectivity index (χ0) is 17.5. The van der Waals surface area contributed by atoms with Crippen LogP contribution in [0.4, 0.5) is 5.69 Å². The Bertz CT molecular complexity index is 532. The molecule has 0 fully saturated rings. The molecule has 0 aliphatic carbocycles. The largest absolute Gasteiger partial charge is 0.505 e. The molecule has 0 spiro atoms. The van der Waals surface area contributed by atoms with Crippen LogP contribution in [0.15, 0.2) is 48.7 Å². The van der Waals surface area contributed by atoms with Crippen LogP contribution < -0.4 is 5.32 Å². The highest BCUT2D eigenvalue weighted by Gasteiger charge is 2.04. The van der Waals surface area contributed by atoms with Gasteiger partial charge in [0.25, 0.3) is 0 Å². The predicted molar refractivity (Wildman–Crippen MR) is 103 cm³/mol. The van der Waals surface area contributed by atoms with Crippen molar-refractivity contribution in [3.05, 3.63) is 48.7 Å². The maximum atomic E-state index is 9.99. The number of phenolic OH excluding ortho intramolecular Hbond substituents is 1. The normalized spacial score (nSPS) is 8.32. The minimum atomic E-state index is 0.274. The summed E-state index contributed by atoms with van der Waals surface area (Å²) in [5.74, 6) is 0.274. The molecule has 124 valence electrons. The molecule has 2 N–H and O–H groups in total. The van der Waals surface area contributed by atoms with Crippen molar-refractivity contribution in [1.29, 1.82) is 0 Å². The highest BCUT2D eigenvalue weighted by atomic mass is 16.3. The number of fused-ring (bicyclic) bond motifs is 1. The van der Waals surface area contributed by atoms with Crippen molar-refractivity contribution < 1.29 is 5.11 Å². The lowest BCUT2D eigenvalue weighted by molar-refractivity contribution is 0.484. The molecule has 0 heterocycles. The van der Waals surface area contributed by atoms with E-state index in [0.717, 1.165) is 16.5 Å². The van der Waals surface area contributed by atoms with Gasteiger partial charge in [0.2, 0.25) is 0 Å². The SMILES string of the molecule is C=C(C)Nc1ccc2ccccc2c1O.CC.CC.CCC. The van der Waals surface area contributed by atoms with Crippen LogP contribution in [0.3, 0.4) is 0 Å². The molecule has 0 radical (unpaired) electrons. The number of nitrogens with one attached hydrogen (secondary N) is 1. The second kappa shape index (κ2) is 14.0. The maximum Gasteiger partial charge on any atom is 0.146 e. The van der Waals surface area contributed by atoms with Crippen molar-refractivity contribution in [3.63, 3.8) is 0 Å². The molecule has 0 saturated heterocycles. The first-order valence-electron chi connectivity index (χ1n) is 8.23. The zero-order valence-electron chi connectivity index (χ0n) is 15.3. The molecule has 2 heteroatoms. The van der Waals surface area contributed by atoms with Crippen LogP contribution in [-0.2, 0) is 0 Å². The molecule has 0 aromatic heterocycles. The van der Waals surface area contributed by atoms with Crippen LogP contribution in [0.25, 0.3) is 10.8 Å². The average Bonchev–Trinajstić information content (AvgIpc) is 2.55. The lowest BCUT2D eigenvalue weighted by Crippen LogP contribution is -1.93. The molecule has 2 rings (SSSR count). The van der Waals surface area contributed by atoms with Crippen LogP contribution in [0.2, 0.25) is 0 Å². The second-order valence-corrected chi connectivity index (χ2v) is 4.30. The van der Waals surface area contributed by atoms with Crippen LogP contribution in [0.5, 0.6) is 5.75 Å². The van der Waals surface area contributed by atoms with E-state index in [1.807, 2.05) is 71.0 Å². The van der Waals surface area contributed by atoms with E-state index in [4.69, 9.17) is 0 Å². The van der Waals surface area contributed by atoms with Crippen LogP contribution in [0.1, 0.15) is 54.9 Å². The van der Waals surface area contributed by atoms with Crippen molar-refractivity contribution >= 4 is 16.5 Å². The molecular weight excluding hydrogens is 270 g/mol. The van der Waals surface area contributed by atoms with E-state index < -0.39 is 0 Å². The van der Waals surface area contributed by atoms with E-state index in [0.29, 0.717) is 5.69 Å². The fraction of sp³-hybridized carbons (Fsp3) is 0.400. The lowest BCUT2D eigenvalue weighted by atomic mass is 10.1. The molecule has 2 aromatic carbocycles. The van der Waals surface area contributed by atoms with E-state index in [1.165, 1.54) is 6.42 Å². The molecule has 0 aliphatic rings. The number of allylic oxidation sites excluding steroid dienone is 1. The first-order valence-corrected chi connectivity index (χ1v) is 8.23. The smallest absolute Gasteiger partial charge is 0.146 e. The van der Waals surface area contributed by atoms with Gasteiger partial charge >= 0.3 is 0 Å². The van der Waals surface area contributed by atoms with Gasteiger partial charge in [-0.25, -0.2) is 0 Å². The third kappa shape index (κ3) is 7.72. The van der Waals surface area contributed by atoms with E-state index in [-0.39, 0.29) is 5.75 Å². The molecule has 2 aromatic rings. The summed E-state index contributed by atoms with van der Waals surface area (Å²) in [6.45, 7) is 17.9. The molecule has 0 amide bonds. The summed E-state index contributed by atoms with van der Waals surface area (Å²) >= 11 is 0. The van der Waals surface area contributed by atoms with Crippen molar-refractivity contribution in [2.45, 2.75) is 54.9 Å². The van der Waals surface area contributed by atoms with Gasteiger partial charge in [-0.2, -0.15) is 0 Å². The van der Waals surface area contributed by atoms with Gasteiger partial charge in [0.05, 0.1) is 5.69 Å². The summed E-state index contributed by atoms with van der Waals surface area (Å²) in [5, 5.41) is 14.9. The molecule has 22 heavy (non-hydrogen) atoms. The summed E-state index contributed by atoms with van der Waals surface area (Å²) in [5.41, 5.74) is 1.50. The highest BCUT2D eigenvalue weighted by Crippen LogP contribution is 2.32. The minimum Gasteiger partial charge on any atom is -0.505 e. The predicted octanol–water partition coefficient (Wildman–Crippen LogP) is 6.96. The molecule has 2 nitrogen and oxygen atoms in total. The molecule has 0 saturated carbocycles. The standard InChI is InChI=1S/C13H13NO.C3H8.2C2H6/c1-9(2)14-12-8-7-10-5-3-4-6-11(10)13(12)15;1-3-2;2*1-2/h3-8,14-15H,1H2,2H3;3H2,1-2H3;2*1-2H3. The Morgan fingerprint density at radius 2 is 1.50 bits per heavy atom. The number of hydrogen-bond acceptors (Lipinski definition) is 2. The van der Waals surface area contributed by atoms with E-state index >= 15 is 0 Å². The Morgan fingerprint density at radius 1 is 1.00 bits per heavy atom. The third-order valence-corrected chi connectivity index (χ3v) is 2.25.